The first-order valence-corrected chi connectivity index (χ1v) is 9.15. The van der Waals surface area contributed by atoms with Crippen molar-refractivity contribution in [3.05, 3.63) is 77.5 Å². The number of amides is 1. The van der Waals surface area contributed by atoms with E-state index in [0.717, 1.165) is 0 Å². The molecule has 29 heavy (non-hydrogen) atoms. The number of furan rings is 1. The average Bonchev–Trinajstić information content (AvgIpc) is 3.27. The van der Waals surface area contributed by atoms with E-state index in [1.807, 2.05) is 0 Å². The molecule has 1 aliphatic heterocycles. The third-order valence-corrected chi connectivity index (χ3v) is 4.61. The number of aliphatic hydroxyl groups excluding tert-OH is 1. The van der Waals surface area contributed by atoms with Gasteiger partial charge in [-0.1, -0.05) is 24.8 Å². The van der Waals surface area contributed by atoms with E-state index in [2.05, 4.69) is 6.58 Å². The molecule has 2 heterocycles. The number of benzene rings is 1. The molecule has 0 spiro atoms. The summed E-state index contributed by atoms with van der Waals surface area (Å²) in [6.45, 7) is 6.17. The Morgan fingerprint density at radius 2 is 2.00 bits per heavy atom. The van der Waals surface area contributed by atoms with E-state index < -0.39 is 23.5 Å². The van der Waals surface area contributed by atoms with Crippen LogP contribution >= 0.6 is 0 Å². The number of aliphatic hydroxyl groups is 1. The molecule has 0 aliphatic carbocycles. The molecule has 152 valence electrons. The normalized spacial score (nSPS) is 16.4. The van der Waals surface area contributed by atoms with E-state index in [9.17, 15) is 14.7 Å². The Bertz CT molecular complexity index is 940. The number of carbonyl (C=O) groups excluding carboxylic acids is 2. The van der Waals surface area contributed by atoms with Crippen LogP contribution in [0.1, 0.15) is 27.9 Å². The molecule has 0 unspecified atom stereocenters. The summed E-state index contributed by atoms with van der Waals surface area (Å²) in [4.78, 5) is 27.2. The Kier molecular flexibility index (Phi) is 6.19. The number of rotatable bonds is 9. The van der Waals surface area contributed by atoms with Crippen molar-refractivity contribution in [2.75, 3.05) is 26.9 Å². The van der Waals surface area contributed by atoms with Gasteiger partial charge in [-0.25, -0.2) is 0 Å². The molecular weight excluding hydrogens is 374 g/mol. The van der Waals surface area contributed by atoms with Gasteiger partial charge in [0.25, 0.3) is 5.91 Å². The number of ketones is 1. The average molecular weight is 397 g/mol. The molecule has 1 amide bonds. The molecule has 0 saturated heterocycles. The van der Waals surface area contributed by atoms with Crippen molar-refractivity contribution in [3.63, 3.8) is 0 Å². The Labute approximate surface area is 168 Å². The third kappa shape index (κ3) is 4.09. The lowest BCUT2D eigenvalue weighted by atomic mass is 9.95. The van der Waals surface area contributed by atoms with Crippen molar-refractivity contribution < 1.29 is 28.6 Å². The lowest BCUT2D eigenvalue weighted by Gasteiger charge is -2.26. The minimum absolute atomic E-state index is 0.0137. The standard InChI is InChI=1S/C22H23NO6/c1-4-12-28-16-8-6-15(7-9-16)19-18(20(24)17-10-5-14(2)29-17)21(25)22(26)23(19)11-13-27-3/h4-10,19,25H,1,11-13H2,2-3H3/t19-/m0/s1. The summed E-state index contributed by atoms with van der Waals surface area (Å²) >= 11 is 0. The number of aryl methyl sites for hydroxylation is 1. The van der Waals surface area contributed by atoms with Gasteiger partial charge in [0, 0.05) is 13.7 Å². The second kappa shape index (κ2) is 8.79. The molecule has 7 heteroatoms. The van der Waals surface area contributed by atoms with E-state index in [1.165, 1.54) is 18.1 Å². The van der Waals surface area contributed by atoms with Crippen molar-refractivity contribution in [1.29, 1.82) is 0 Å². The molecule has 1 atom stereocenters. The van der Waals surface area contributed by atoms with E-state index in [-0.39, 0.29) is 24.5 Å². The van der Waals surface area contributed by atoms with Gasteiger partial charge in [0.1, 0.15) is 18.1 Å². The Hall–Kier alpha value is -3.32. The highest BCUT2D eigenvalue weighted by Gasteiger charge is 2.44. The molecule has 0 bridgehead atoms. The number of Topliss-reactive ketones (excluding diaryl/α,β-unsaturated/α-hetero) is 1. The smallest absolute Gasteiger partial charge is 0.290 e. The zero-order chi connectivity index (χ0) is 21.0. The van der Waals surface area contributed by atoms with Crippen LogP contribution in [0.3, 0.4) is 0 Å². The molecule has 2 aromatic rings. The summed E-state index contributed by atoms with van der Waals surface area (Å²) in [7, 11) is 1.52. The van der Waals surface area contributed by atoms with Crippen molar-refractivity contribution in [1.82, 2.24) is 4.90 Å². The molecule has 7 nitrogen and oxygen atoms in total. The maximum Gasteiger partial charge on any atom is 0.290 e. The van der Waals surface area contributed by atoms with Gasteiger partial charge in [-0.2, -0.15) is 0 Å². The fraction of sp³-hybridized carbons (Fsp3) is 0.273. The van der Waals surface area contributed by atoms with Crippen LogP contribution in [0.15, 0.2) is 64.8 Å². The minimum Gasteiger partial charge on any atom is -0.503 e. The minimum atomic E-state index is -0.760. The Morgan fingerprint density at radius 1 is 1.28 bits per heavy atom. The maximum absolute atomic E-state index is 13.1. The topological polar surface area (TPSA) is 89.2 Å². The third-order valence-electron chi connectivity index (χ3n) is 4.61. The van der Waals surface area contributed by atoms with Gasteiger partial charge in [0.15, 0.2) is 11.5 Å². The fourth-order valence-electron chi connectivity index (χ4n) is 3.24. The molecular formula is C22H23NO6. The van der Waals surface area contributed by atoms with E-state index in [1.54, 1.807) is 43.3 Å². The second-order valence-corrected chi connectivity index (χ2v) is 6.56. The van der Waals surface area contributed by atoms with Crippen molar-refractivity contribution >= 4 is 11.7 Å². The molecule has 1 aliphatic rings. The number of hydrogen-bond acceptors (Lipinski definition) is 6. The maximum atomic E-state index is 13.1. The van der Waals surface area contributed by atoms with Gasteiger partial charge in [0.05, 0.1) is 18.2 Å². The predicted molar refractivity (Wildman–Crippen MR) is 106 cm³/mol. The summed E-state index contributed by atoms with van der Waals surface area (Å²) in [5, 5.41) is 10.5. The van der Waals surface area contributed by atoms with Crippen LogP contribution < -0.4 is 4.74 Å². The van der Waals surface area contributed by atoms with E-state index in [0.29, 0.717) is 23.7 Å². The van der Waals surface area contributed by atoms with Crippen LogP contribution in [0, 0.1) is 6.92 Å². The SMILES string of the molecule is C=CCOc1ccc([C@H]2C(C(=O)c3ccc(C)o3)=C(O)C(=O)N2CCOC)cc1. The summed E-state index contributed by atoms with van der Waals surface area (Å²) in [6.07, 6.45) is 1.64. The van der Waals surface area contributed by atoms with Crippen molar-refractivity contribution in [2.45, 2.75) is 13.0 Å². The van der Waals surface area contributed by atoms with Crippen LogP contribution in [0.5, 0.6) is 5.75 Å². The lowest BCUT2D eigenvalue weighted by molar-refractivity contribution is -0.130. The first kappa shape index (κ1) is 20.4. The zero-order valence-corrected chi connectivity index (χ0v) is 16.4. The largest absolute Gasteiger partial charge is 0.503 e. The number of hydrogen-bond donors (Lipinski definition) is 1. The van der Waals surface area contributed by atoms with Crippen LogP contribution in [0.2, 0.25) is 0 Å². The molecule has 0 saturated carbocycles. The first-order valence-electron chi connectivity index (χ1n) is 9.15. The van der Waals surface area contributed by atoms with Gasteiger partial charge in [-0.3, -0.25) is 9.59 Å². The Balaban J connectivity index is 2.00. The quantitative estimate of drug-likeness (QED) is 0.515. The molecule has 1 aromatic carbocycles. The van der Waals surface area contributed by atoms with E-state index >= 15 is 0 Å². The summed E-state index contributed by atoms with van der Waals surface area (Å²) in [6, 6.07) is 9.43. The fourth-order valence-corrected chi connectivity index (χ4v) is 3.24. The zero-order valence-electron chi connectivity index (χ0n) is 16.4. The number of methoxy groups -OCH3 is 1. The molecule has 1 N–H and O–H groups in total. The van der Waals surface area contributed by atoms with Gasteiger partial charge >= 0.3 is 0 Å². The molecule has 0 radical (unpaired) electrons. The number of nitrogens with zero attached hydrogens (tertiary/aromatic N) is 1. The highest BCUT2D eigenvalue weighted by atomic mass is 16.5. The van der Waals surface area contributed by atoms with Gasteiger partial charge < -0.3 is 23.9 Å². The monoisotopic (exact) mass is 397 g/mol. The predicted octanol–water partition coefficient (Wildman–Crippen LogP) is 3.38. The number of ether oxygens (including phenoxy) is 2. The van der Waals surface area contributed by atoms with Gasteiger partial charge in [-0.15, -0.1) is 0 Å². The highest BCUT2D eigenvalue weighted by molar-refractivity contribution is 6.15. The number of carbonyl (C=O) groups is 2. The van der Waals surface area contributed by atoms with E-state index in [4.69, 9.17) is 13.9 Å². The van der Waals surface area contributed by atoms with Gasteiger partial charge in [-0.05, 0) is 36.8 Å². The van der Waals surface area contributed by atoms with Crippen LogP contribution in [0.25, 0.3) is 0 Å². The summed E-state index contributed by atoms with van der Waals surface area (Å²) in [5.74, 6) is -0.455. The van der Waals surface area contributed by atoms with Crippen molar-refractivity contribution in [2.24, 2.45) is 0 Å². The van der Waals surface area contributed by atoms with Crippen LogP contribution in [-0.2, 0) is 9.53 Å². The lowest BCUT2D eigenvalue weighted by Crippen LogP contribution is -2.34. The first-order chi connectivity index (χ1) is 14.0. The van der Waals surface area contributed by atoms with Crippen LogP contribution in [-0.4, -0.2) is 48.6 Å². The molecule has 0 fully saturated rings. The van der Waals surface area contributed by atoms with Gasteiger partial charge in [0.2, 0.25) is 5.78 Å². The Morgan fingerprint density at radius 3 is 2.59 bits per heavy atom. The second-order valence-electron chi connectivity index (χ2n) is 6.56. The molecule has 3 rings (SSSR count). The summed E-state index contributed by atoms with van der Waals surface area (Å²) in [5.41, 5.74) is 0.649. The molecule has 1 aromatic heterocycles. The van der Waals surface area contributed by atoms with Crippen LogP contribution in [0.4, 0.5) is 0 Å². The van der Waals surface area contributed by atoms with Crippen molar-refractivity contribution in [3.8, 4) is 5.75 Å². The highest BCUT2D eigenvalue weighted by Crippen LogP contribution is 2.39. The summed E-state index contributed by atoms with van der Waals surface area (Å²) < 4.78 is 16.0.